The molecule has 3 amide bonds. The van der Waals surface area contributed by atoms with Crippen LogP contribution in [0.25, 0.3) is 0 Å². The SMILES string of the molecule is CCNC(=O)COc1ccc(NC(=O)NC2CCCCCC2)cc1. The molecule has 0 bridgehead atoms. The summed E-state index contributed by atoms with van der Waals surface area (Å²) in [4.78, 5) is 23.4. The number of benzene rings is 1. The molecular formula is C18H27N3O3. The number of carbonyl (C=O) groups is 2. The summed E-state index contributed by atoms with van der Waals surface area (Å²) in [6.07, 6.45) is 7.00. The smallest absolute Gasteiger partial charge is 0.319 e. The predicted octanol–water partition coefficient (Wildman–Crippen LogP) is 3.05. The van der Waals surface area contributed by atoms with Crippen LogP contribution in [0.4, 0.5) is 10.5 Å². The lowest BCUT2D eigenvalue weighted by Crippen LogP contribution is -2.37. The third kappa shape index (κ3) is 6.48. The fourth-order valence-corrected chi connectivity index (χ4v) is 2.81. The van der Waals surface area contributed by atoms with Gasteiger partial charge in [0.25, 0.3) is 5.91 Å². The average Bonchev–Trinajstić information content (AvgIpc) is 2.83. The maximum absolute atomic E-state index is 12.1. The van der Waals surface area contributed by atoms with Crippen LogP contribution in [0.15, 0.2) is 24.3 Å². The van der Waals surface area contributed by atoms with E-state index in [1.807, 2.05) is 6.92 Å². The van der Waals surface area contributed by atoms with Crippen LogP contribution < -0.4 is 20.7 Å². The van der Waals surface area contributed by atoms with E-state index in [2.05, 4.69) is 16.0 Å². The normalized spacial score (nSPS) is 15.2. The van der Waals surface area contributed by atoms with Crippen LogP contribution in [0, 0.1) is 0 Å². The summed E-state index contributed by atoms with van der Waals surface area (Å²) in [5.74, 6) is 0.443. The Morgan fingerprint density at radius 3 is 2.38 bits per heavy atom. The van der Waals surface area contributed by atoms with E-state index in [4.69, 9.17) is 4.74 Å². The van der Waals surface area contributed by atoms with Crippen LogP contribution in [-0.2, 0) is 4.79 Å². The number of urea groups is 1. The summed E-state index contributed by atoms with van der Waals surface area (Å²) in [5, 5.41) is 8.55. The van der Waals surface area contributed by atoms with E-state index in [0.717, 1.165) is 12.8 Å². The molecule has 3 N–H and O–H groups in total. The van der Waals surface area contributed by atoms with Gasteiger partial charge in [0.05, 0.1) is 0 Å². The highest BCUT2D eigenvalue weighted by atomic mass is 16.5. The van der Waals surface area contributed by atoms with Gasteiger partial charge in [-0.05, 0) is 44.0 Å². The van der Waals surface area contributed by atoms with Crippen LogP contribution in [-0.4, -0.2) is 31.1 Å². The maximum atomic E-state index is 12.1. The fraction of sp³-hybridized carbons (Fsp3) is 0.556. The summed E-state index contributed by atoms with van der Waals surface area (Å²) >= 11 is 0. The minimum atomic E-state index is -0.169. The molecule has 0 aliphatic heterocycles. The van der Waals surface area contributed by atoms with Gasteiger partial charge in [0.15, 0.2) is 6.61 Å². The molecule has 0 aromatic heterocycles. The molecule has 0 atom stereocenters. The van der Waals surface area contributed by atoms with E-state index in [0.29, 0.717) is 18.0 Å². The molecule has 1 fully saturated rings. The van der Waals surface area contributed by atoms with E-state index >= 15 is 0 Å². The second-order valence-electron chi connectivity index (χ2n) is 6.05. The molecule has 0 spiro atoms. The molecule has 2 rings (SSSR count). The highest BCUT2D eigenvalue weighted by molar-refractivity contribution is 5.89. The zero-order valence-corrected chi connectivity index (χ0v) is 14.3. The second-order valence-corrected chi connectivity index (χ2v) is 6.05. The summed E-state index contributed by atoms with van der Waals surface area (Å²) in [5.41, 5.74) is 0.700. The monoisotopic (exact) mass is 333 g/mol. The van der Waals surface area contributed by atoms with Crippen LogP contribution in [0.3, 0.4) is 0 Å². The topological polar surface area (TPSA) is 79.5 Å². The fourth-order valence-electron chi connectivity index (χ4n) is 2.81. The number of anilines is 1. The van der Waals surface area contributed by atoms with Crippen molar-refractivity contribution in [3.63, 3.8) is 0 Å². The summed E-state index contributed by atoms with van der Waals surface area (Å²) in [6.45, 7) is 2.43. The largest absolute Gasteiger partial charge is 0.484 e. The van der Waals surface area contributed by atoms with Gasteiger partial charge in [0.2, 0.25) is 0 Å². The Morgan fingerprint density at radius 1 is 1.08 bits per heavy atom. The van der Waals surface area contributed by atoms with Gasteiger partial charge in [-0.3, -0.25) is 4.79 Å². The first-order chi connectivity index (χ1) is 11.7. The lowest BCUT2D eigenvalue weighted by atomic mass is 10.1. The van der Waals surface area contributed by atoms with Crippen molar-refractivity contribution in [2.45, 2.75) is 51.5 Å². The molecule has 6 nitrogen and oxygen atoms in total. The summed E-state index contributed by atoms with van der Waals surface area (Å²) in [6, 6.07) is 7.10. The number of amides is 3. The van der Waals surface area contributed by atoms with Gasteiger partial charge in [0, 0.05) is 18.3 Å². The zero-order valence-electron chi connectivity index (χ0n) is 14.3. The number of hydrogen-bond acceptors (Lipinski definition) is 3. The van der Waals surface area contributed by atoms with Crippen molar-refractivity contribution in [1.82, 2.24) is 10.6 Å². The number of hydrogen-bond donors (Lipinski definition) is 3. The predicted molar refractivity (Wildman–Crippen MR) is 94.3 cm³/mol. The van der Waals surface area contributed by atoms with Gasteiger partial charge in [-0.15, -0.1) is 0 Å². The molecule has 6 heteroatoms. The number of likely N-dealkylation sites (N-methyl/N-ethyl adjacent to an activating group) is 1. The first-order valence-corrected chi connectivity index (χ1v) is 8.74. The molecule has 0 heterocycles. The number of nitrogens with one attached hydrogen (secondary N) is 3. The highest BCUT2D eigenvalue weighted by Crippen LogP contribution is 2.18. The van der Waals surface area contributed by atoms with Gasteiger partial charge in [-0.1, -0.05) is 25.7 Å². The molecule has 1 saturated carbocycles. The van der Waals surface area contributed by atoms with E-state index in [-0.39, 0.29) is 24.6 Å². The van der Waals surface area contributed by atoms with Crippen molar-refractivity contribution in [3.05, 3.63) is 24.3 Å². The zero-order chi connectivity index (χ0) is 17.2. The summed E-state index contributed by atoms with van der Waals surface area (Å²) < 4.78 is 5.38. The first-order valence-electron chi connectivity index (χ1n) is 8.74. The minimum Gasteiger partial charge on any atom is -0.484 e. The molecular weight excluding hydrogens is 306 g/mol. The van der Waals surface area contributed by atoms with Crippen molar-refractivity contribution >= 4 is 17.6 Å². The van der Waals surface area contributed by atoms with Crippen molar-refractivity contribution in [3.8, 4) is 5.75 Å². The molecule has 0 saturated heterocycles. The van der Waals surface area contributed by atoms with Gasteiger partial charge in [0.1, 0.15) is 5.75 Å². The average molecular weight is 333 g/mol. The Labute approximate surface area is 143 Å². The van der Waals surface area contributed by atoms with Crippen LogP contribution in [0.5, 0.6) is 5.75 Å². The first kappa shape index (κ1) is 18.1. The standard InChI is InChI=1S/C18H27N3O3/c1-2-19-17(22)13-24-16-11-9-15(10-12-16)21-18(23)20-14-7-5-3-4-6-8-14/h9-12,14H,2-8,13H2,1H3,(H,19,22)(H2,20,21,23). The maximum Gasteiger partial charge on any atom is 0.319 e. The minimum absolute atomic E-state index is 0.0111. The highest BCUT2D eigenvalue weighted by Gasteiger charge is 2.14. The van der Waals surface area contributed by atoms with Crippen LogP contribution in [0.2, 0.25) is 0 Å². The molecule has 1 aliphatic rings. The van der Waals surface area contributed by atoms with Crippen LogP contribution >= 0.6 is 0 Å². The lowest BCUT2D eigenvalue weighted by molar-refractivity contribution is -0.122. The molecule has 0 unspecified atom stereocenters. The van der Waals surface area contributed by atoms with Crippen molar-refractivity contribution in [2.24, 2.45) is 0 Å². The Balaban J connectivity index is 1.76. The van der Waals surface area contributed by atoms with E-state index < -0.39 is 0 Å². The third-order valence-electron chi connectivity index (χ3n) is 4.05. The van der Waals surface area contributed by atoms with E-state index in [1.54, 1.807) is 24.3 Å². The number of ether oxygens (including phenoxy) is 1. The van der Waals surface area contributed by atoms with Crippen LogP contribution in [0.1, 0.15) is 45.4 Å². The Hall–Kier alpha value is -2.24. The third-order valence-corrected chi connectivity index (χ3v) is 4.05. The molecule has 0 radical (unpaired) electrons. The second kappa shape index (κ2) is 9.80. The molecule has 132 valence electrons. The Kier molecular flexibility index (Phi) is 7.39. The molecule has 1 aromatic carbocycles. The molecule has 24 heavy (non-hydrogen) atoms. The van der Waals surface area contributed by atoms with Crippen molar-refractivity contribution in [2.75, 3.05) is 18.5 Å². The molecule has 1 aromatic rings. The Morgan fingerprint density at radius 2 is 1.75 bits per heavy atom. The quantitative estimate of drug-likeness (QED) is 0.700. The lowest BCUT2D eigenvalue weighted by Gasteiger charge is -2.16. The number of carbonyl (C=O) groups excluding carboxylic acids is 2. The van der Waals surface area contributed by atoms with E-state index in [1.165, 1.54) is 25.7 Å². The Bertz CT molecular complexity index is 523. The van der Waals surface area contributed by atoms with Crippen molar-refractivity contribution < 1.29 is 14.3 Å². The van der Waals surface area contributed by atoms with Gasteiger partial charge in [-0.25, -0.2) is 4.79 Å². The molecule has 1 aliphatic carbocycles. The number of rotatable bonds is 6. The van der Waals surface area contributed by atoms with Gasteiger partial charge in [-0.2, -0.15) is 0 Å². The summed E-state index contributed by atoms with van der Waals surface area (Å²) in [7, 11) is 0. The van der Waals surface area contributed by atoms with E-state index in [9.17, 15) is 9.59 Å². The van der Waals surface area contributed by atoms with Gasteiger partial charge >= 0.3 is 6.03 Å². The van der Waals surface area contributed by atoms with Gasteiger partial charge < -0.3 is 20.7 Å². The van der Waals surface area contributed by atoms with Crippen molar-refractivity contribution in [1.29, 1.82) is 0 Å².